The summed E-state index contributed by atoms with van der Waals surface area (Å²) in [6.07, 6.45) is 7.38. The highest BCUT2D eigenvalue weighted by atomic mass is 16.5. The van der Waals surface area contributed by atoms with Crippen LogP contribution >= 0.6 is 0 Å². The quantitative estimate of drug-likeness (QED) is 0.798. The van der Waals surface area contributed by atoms with Gasteiger partial charge in [-0.3, -0.25) is 4.98 Å². The maximum absolute atomic E-state index is 6.11. The summed E-state index contributed by atoms with van der Waals surface area (Å²) in [5, 5.41) is 0. The van der Waals surface area contributed by atoms with E-state index in [1.165, 1.54) is 5.56 Å². The summed E-state index contributed by atoms with van der Waals surface area (Å²) in [7, 11) is 0. The van der Waals surface area contributed by atoms with Gasteiger partial charge in [0.05, 0.1) is 19.3 Å². The maximum atomic E-state index is 6.11. The molecule has 0 N–H and O–H groups in total. The molecule has 4 rings (SSSR count). The molecule has 2 saturated heterocycles. The molecule has 138 valence electrons. The minimum absolute atomic E-state index is 0.157. The van der Waals surface area contributed by atoms with Crippen LogP contribution in [0.1, 0.15) is 30.4 Å². The van der Waals surface area contributed by atoms with Gasteiger partial charge in [0, 0.05) is 44.0 Å². The summed E-state index contributed by atoms with van der Waals surface area (Å²) >= 11 is 0. The number of aromatic nitrogens is 1. The molecule has 0 spiro atoms. The van der Waals surface area contributed by atoms with E-state index in [1.807, 2.05) is 12.3 Å². The molecule has 0 aliphatic carbocycles. The molecule has 1 atom stereocenters. The Bertz CT molecular complexity index is 663. The Morgan fingerprint density at radius 3 is 2.65 bits per heavy atom. The summed E-state index contributed by atoms with van der Waals surface area (Å²) in [6.45, 7) is 5.68. The Morgan fingerprint density at radius 1 is 1.12 bits per heavy atom. The lowest BCUT2D eigenvalue weighted by Gasteiger charge is -2.38. The van der Waals surface area contributed by atoms with Gasteiger partial charge in [0.1, 0.15) is 0 Å². The van der Waals surface area contributed by atoms with Crippen molar-refractivity contribution in [3.05, 3.63) is 66.0 Å². The standard InChI is InChI=1S/C22H28N2O2/c1-2-6-20(7-3-1)22(10-14-25-18-22)17-24-12-8-21(9-13-24)26-16-19-5-4-11-23-15-19/h1-7,11,15,21H,8-10,12-14,16-18H2/t22-/m1/s1. The molecule has 1 aromatic carbocycles. The molecule has 4 heteroatoms. The highest BCUT2D eigenvalue weighted by molar-refractivity contribution is 5.27. The SMILES string of the molecule is c1ccc([C@@]2(CN3CCC(OCc4cccnc4)CC3)CCOC2)cc1. The first-order valence-electron chi connectivity index (χ1n) is 9.70. The average Bonchev–Trinajstić information content (AvgIpc) is 3.19. The predicted octanol–water partition coefficient (Wildman–Crippen LogP) is 3.42. The van der Waals surface area contributed by atoms with E-state index >= 15 is 0 Å². The van der Waals surface area contributed by atoms with Gasteiger partial charge in [-0.2, -0.15) is 0 Å². The van der Waals surface area contributed by atoms with Gasteiger partial charge in [-0.25, -0.2) is 0 Å². The van der Waals surface area contributed by atoms with Crippen LogP contribution in [0.15, 0.2) is 54.9 Å². The second kappa shape index (κ2) is 8.30. The number of piperidine rings is 1. The van der Waals surface area contributed by atoms with E-state index in [0.29, 0.717) is 12.7 Å². The zero-order valence-electron chi connectivity index (χ0n) is 15.3. The van der Waals surface area contributed by atoms with Gasteiger partial charge in [-0.15, -0.1) is 0 Å². The summed E-state index contributed by atoms with van der Waals surface area (Å²) in [5.41, 5.74) is 2.73. The molecule has 2 aliphatic heterocycles. The number of likely N-dealkylation sites (tertiary alicyclic amines) is 1. The predicted molar refractivity (Wildman–Crippen MR) is 102 cm³/mol. The molecule has 0 unspecified atom stereocenters. The molecule has 2 fully saturated rings. The normalized spacial score (nSPS) is 24.8. The number of ether oxygens (including phenoxy) is 2. The van der Waals surface area contributed by atoms with Gasteiger partial charge >= 0.3 is 0 Å². The number of benzene rings is 1. The van der Waals surface area contributed by atoms with Crippen LogP contribution in [0.4, 0.5) is 0 Å². The summed E-state index contributed by atoms with van der Waals surface area (Å²) < 4.78 is 11.9. The second-order valence-electron chi connectivity index (χ2n) is 7.60. The fourth-order valence-corrected chi connectivity index (χ4v) is 4.20. The Balaban J connectivity index is 1.30. The first-order valence-corrected chi connectivity index (χ1v) is 9.70. The first-order chi connectivity index (χ1) is 12.8. The van der Waals surface area contributed by atoms with Crippen molar-refractivity contribution in [2.45, 2.75) is 37.4 Å². The van der Waals surface area contributed by atoms with Crippen molar-refractivity contribution in [1.29, 1.82) is 0 Å². The molecule has 2 aliphatic rings. The monoisotopic (exact) mass is 352 g/mol. The lowest BCUT2D eigenvalue weighted by Crippen LogP contribution is -2.46. The Labute approximate surface area is 156 Å². The summed E-state index contributed by atoms with van der Waals surface area (Å²) in [5.74, 6) is 0. The third kappa shape index (κ3) is 4.14. The van der Waals surface area contributed by atoms with Crippen molar-refractivity contribution in [2.75, 3.05) is 32.8 Å². The molecule has 0 radical (unpaired) electrons. The minimum Gasteiger partial charge on any atom is -0.380 e. The molecule has 0 amide bonds. The Hall–Kier alpha value is -1.75. The van der Waals surface area contributed by atoms with E-state index in [1.54, 1.807) is 6.20 Å². The van der Waals surface area contributed by atoms with Crippen LogP contribution in [0.3, 0.4) is 0 Å². The zero-order valence-corrected chi connectivity index (χ0v) is 15.3. The number of hydrogen-bond acceptors (Lipinski definition) is 4. The van der Waals surface area contributed by atoms with Crippen molar-refractivity contribution in [2.24, 2.45) is 0 Å². The Kier molecular flexibility index (Phi) is 5.63. The molecule has 2 aromatic rings. The van der Waals surface area contributed by atoms with E-state index in [2.05, 4.69) is 46.3 Å². The van der Waals surface area contributed by atoms with Crippen molar-refractivity contribution in [3.8, 4) is 0 Å². The lowest BCUT2D eigenvalue weighted by atomic mass is 9.79. The summed E-state index contributed by atoms with van der Waals surface area (Å²) in [4.78, 5) is 6.76. The fraction of sp³-hybridized carbons (Fsp3) is 0.500. The van der Waals surface area contributed by atoms with E-state index in [4.69, 9.17) is 9.47 Å². The van der Waals surface area contributed by atoms with Gasteiger partial charge < -0.3 is 14.4 Å². The first kappa shape index (κ1) is 17.7. The highest BCUT2D eigenvalue weighted by Gasteiger charge is 2.38. The number of nitrogens with zero attached hydrogens (tertiary/aromatic N) is 2. The van der Waals surface area contributed by atoms with E-state index in [9.17, 15) is 0 Å². The molecular formula is C22H28N2O2. The number of pyridine rings is 1. The van der Waals surface area contributed by atoms with Gasteiger partial charge in [-0.05, 0) is 36.5 Å². The van der Waals surface area contributed by atoms with E-state index in [-0.39, 0.29) is 5.41 Å². The van der Waals surface area contributed by atoms with Crippen molar-refractivity contribution >= 4 is 0 Å². The molecule has 1 aromatic heterocycles. The van der Waals surface area contributed by atoms with Crippen LogP contribution in [-0.2, 0) is 21.5 Å². The smallest absolute Gasteiger partial charge is 0.0735 e. The minimum atomic E-state index is 0.157. The van der Waals surface area contributed by atoms with Crippen LogP contribution in [0, 0.1) is 0 Å². The Morgan fingerprint density at radius 2 is 1.96 bits per heavy atom. The third-order valence-corrected chi connectivity index (χ3v) is 5.76. The number of hydrogen-bond donors (Lipinski definition) is 0. The average molecular weight is 352 g/mol. The number of rotatable bonds is 6. The van der Waals surface area contributed by atoms with Gasteiger partial charge in [-0.1, -0.05) is 36.4 Å². The third-order valence-electron chi connectivity index (χ3n) is 5.76. The summed E-state index contributed by atoms with van der Waals surface area (Å²) in [6, 6.07) is 15.0. The molecule has 0 saturated carbocycles. The van der Waals surface area contributed by atoms with Crippen molar-refractivity contribution in [3.63, 3.8) is 0 Å². The van der Waals surface area contributed by atoms with Gasteiger partial charge in [0.25, 0.3) is 0 Å². The second-order valence-corrected chi connectivity index (χ2v) is 7.60. The maximum Gasteiger partial charge on any atom is 0.0735 e. The van der Waals surface area contributed by atoms with Crippen LogP contribution in [0.25, 0.3) is 0 Å². The molecule has 0 bridgehead atoms. The lowest BCUT2D eigenvalue weighted by molar-refractivity contribution is -0.00700. The van der Waals surface area contributed by atoms with E-state index < -0.39 is 0 Å². The van der Waals surface area contributed by atoms with Crippen molar-refractivity contribution in [1.82, 2.24) is 9.88 Å². The fourth-order valence-electron chi connectivity index (χ4n) is 4.20. The van der Waals surface area contributed by atoms with Crippen LogP contribution in [0.2, 0.25) is 0 Å². The highest BCUT2D eigenvalue weighted by Crippen LogP contribution is 2.35. The topological polar surface area (TPSA) is 34.6 Å². The van der Waals surface area contributed by atoms with Crippen LogP contribution < -0.4 is 0 Å². The van der Waals surface area contributed by atoms with E-state index in [0.717, 1.165) is 57.7 Å². The van der Waals surface area contributed by atoms with Gasteiger partial charge in [0.2, 0.25) is 0 Å². The largest absolute Gasteiger partial charge is 0.380 e. The van der Waals surface area contributed by atoms with Crippen molar-refractivity contribution < 1.29 is 9.47 Å². The van der Waals surface area contributed by atoms with Crippen LogP contribution in [0.5, 0.6) is 0 Å². The zero-order chi connectivity index (χ0) is 17.7. The molecule has 4 nitrogen and oxygen atoms in total. The molecule has 3 heterocycles. The van der Waals surface area contributed by atoms with Crippen LogP contribution in [-0.4, -0.2) is 48.8 Å². The molecular weight excluding hydrogens is 324 g/mol. The molecule has 26 heavy (non-hydrogen) atoms. The van der Waals surface area contributed by atoms with Gasteiger partial charge in [0.15, 0.2) is 0 Å².